The van der Waals surface area contributed by atoms with E-state index in [9.17, 15) is 9.59 Å². The molecule has 0 spiro atoms. The fourth-order valence-corrected chi connectivity index (χ4v) is 1.96. The van der Waals surface area contributed by atoms with Crippen molar-refractivity contribution < 1.29 is 14.7 Å². The number of allylic oxidation sites excluding steroid dienone is 1. The molecule has 0 fully saturated rings. The van der Waals surface area contributed by atoms with Crippen molar-refractivity contribution in [1.29, 1.82) is 0 Å². The van der Waals surface area contributed by atoms with E-state index < -0.39 is 5.97 Å². The molecule has 2 rings (SSSR count). The molecule has 0 bridgehead atoms. The van der Waals surface area contributed by atoms with Crippen molar-refractivity contribution in [3.05, 3.63) is 41.0 Å². The first-order valence-corrected chi connectivity index (χ1v) is 5.79. The Morgan fingerprint density at radius 2 is 2.17 bits per heavy atom. The molecule has 1 N–H and O–H groups in total. The van der Waals surface area contributed by atoms with Gasteiger partial charge in [-0.15, -0.1) is 0 Å². The van der Waals surface area contributed by atoms with Gasteiger partial charge >= 0.3 is 5.97 Å². The van der Waals surface area contributed by atoms with Gasteiger partial charge in [-0.05, 0) is 31.5 Å². The molecule has 1 heterocycles. The van der Waals surface area contributed by atoms with Crippen LogP contribution in [0.15, 0.2) is 29.8 Å². The molecule has 1 aromatic rings. The van der Waals surface area contributed by atoms with Gasteiger partial charge in [0.15, 0.2) is 0 Å². The normalized spacial score (nSPS) is 13.4. The summed E-state index contributed by atoms with van der Waals surface area (Å²) in [5, 5.41) is 8.97. The lowest BCUT2D eigenvalue weighted by Crippen LogP contribution is -2.26. The molecule has 4 nitrogen and oxygen atoms in total. The maximum absolute atomic E-state index is 11.9. The minimum Gasteiger partial charge on any atom is -0.478 e. The second-order valence-electron chi connectivity index (χ2n) is 4.61. The highest BCUT2D eigenvalue weighted by molar-refractivity contribution is 6.03. The fraction of sp³-hybridized carbons (Fsp3) is 0.286. The van der Waals surface area contributed by atoms with Crippen LogP contribution in [0.5, 0.6) is 0 Å². The minimum atomic E-state index is -0.973. The van der Waals surface area contributed by atoms with Crippen LogP contribution in [-0.2, 0) is 11.2 Å². The summed E-state index contributed by atoms with van der Waals surface area (Å²) in [5.41, 5.74) is 2.96. The van der Waals surface area contributed by atoms with Crippen molar-refractivity contribution in [1.82, 2.24) is 0 Å². The molecule has 1 amide bonds. The number of carboxylic acids is 1. The number of hydrogen-bond donors (Lipinski definition) is 1. The first-order valence-electron chi connectivity index (χ1n) is 5.79. The molecule has 0 aliphatic carbocycles. The lowest BCUT2D eigenvalue weighted by atomic mass is 10.1. The predicted octanol–water partition coefficient (Wildman–Crippen LogP) is 2.24. The van der Waals surface area contributed by atoms with Crippen LogP contribution >= 0.6 is 0 Å². The number of anilines is 1. The van der Waals surface area contributed by atoms with Gasteiger partial charge in [-0.1, -0.05) is 17.7 Å². The summed E-state index contributed by atoms with van der Waals surface area (Å²) in [6.45, 7) is 4.43. The van der Waals surface area contributed by atoms with E-state index in [4.69, 9.17) is 5.11 Å². The Hall–Kier alpha value is -2.10. The van der Waals surface area contributed by atoms with Crippen molar-refractivity contribution in [2.75, 3.05) is 11.4 Å². The van der Waals surface area contributed by atoms with E-state index in [1.807, 2.05) is 19.9 Å². The molecule has 0 radical (unpaired) electrons. The Kier molecular flexibility index (Phi) is 3.19. The smallest absolute Gasteiger partial charge is 0.335 e. The molecular weight excluding hydrogens is 230 g/mol. The molecule has 18 heavy (non-hydrogen) atoms. The molecule has 1 aliphatic heterocycles. The largest absolute Gasteiger partial charge is 0.478 e. The highest BCUT2D eigenvalue weighted by Crippen LogP contribution is 2.29. The second-order valence-corrected chi connectivity index (χ2v) is 4.61. The van der Waals surface area contributed by atoms with Crippen LogP contribution in [0.2, 0.25) is 0 Å². The summed E-state index contributed by atoms with van der Waals surface area (Å²) in [7, 11) is 0. The lowest BCUT2D eigenvalue weighted by Gasteiger charge is -2.15. The predicted molar refractivity (Wildman–Crippen MR) is 68.9 cm³/mol. The number of amides is 1. The van der Waals surface area contributed by atoms with Gasteiger partial charge in [-0.3, -0.25) is 4.79 Å². The first kappa shape index (κ1) is 12.4. The van der Waals surface area contributed by atoms with Gasteiger partial charge in [0, 0.05) is 12.2 Å². The monoisotopic (exact) mass is 245 g/mol. The van der Waals surface area contributed by atoms with Crippen molar-refractivity contribution in [2.45, 2.75) is 20.3 Å². The van der Waals surface area contributed by atoms with Crippen LogP contribution in [0.1, 0.15) is 29.8 Å². The van der Waals surface area contributed by atoms with E-state index in [1.54, 1.807) is 23.1 Å². The summed E-state index contributed by atoms with van der Waals surface area (Å²) < 4.78 is 0. The second kappa shape index (κ2) is 4.64. The number of hydrogen-bond acceptors (Lipinski definition) is 2. The average molecular weight is 245 g/mol. The van der Waals surface area contributed by atoms with Gasteiger partial charge in [-0.25, -0.2) is 4.79 Å². The highest BCUT2D eigenvalue weighted by atomic mass is 16.4. The lowest BCUT2D eigenvalue weighted by molar-refractivity contribution is -0.117. The van der Waals surface area contributed by atoms with Gasteiger partial charge in [-0.2, -0.15) is 0 Å². The summed E-state index contributed by atoms with van der Waals surface area (Å²) >= 11 is 0. The van der Waals surface area contributed by atoms with Crippen LogP contribution < -0.4 is 4.90 Å². The van der Waals surface area contributed by atoms with Crippen LogP contribution in [0, 0.1) is 0 Å². The third-order valence-electron chi connectivity index (χ3n) is 2.95. The zero-order chi connectivity index (χ0) is 13.3. The Morgan fingerprint density at radius 1 is 1.44 bits per heavy atom. The standard InChI is InChI=1S/C14H15NO3/c1-9(2)5-6-15-12-7-11(14(17)18)4-3-10(12)8-13(15)16/h3-5,7H,6,8H2,1-2H3,(H,17,18). The average Bonchev–Trinajstić information content (AvgIpc) is 2.60. The fourth-order valence-electron chi connectivity index (χ4n) is 1.96. The number of aromatic carboxylic acids is 1. The number of rotatable bonds is 3. The molecule has 0 unspecified atom stereocenters. The Morgan fingerprint density at radius 3 is 2.78 bits per heavy atom. The van der Waals surface area contributed by atoms with Crippen LogP contribution in [-0.4, -0.2) is 23.5 Å². The maximum Gasteiger partial charge on any atom is 0.335 e. The van der Waals surface area contributed by atoms with E-state index in [-0.39, 0.29) is 11.5 Å². The molecule has 1 aliphatic rings. The van der Waals surface area contributed by atoms with E-state index >= 15 is 0 Å². The van der Waals surface area contributed by atoms with Crippen LogP contribution in [0.4, 0.5) is 5.69 Å². The summed E-state index contributed by atoms with van der Waals surface area (Å²) in [6.07, 6.45) is 2.31. The van der Waals surface area contributed by atoms with E-state index in [0.717, 1.165) is 16.8 Å². The third-order valence-corrected chi connectivity index (χ3v) is 2.95. The third kappa shape index (κ3) is 2.27. The Balaban J connectivity index is 2.36. The molecule has 0 aromatic heterocycles. The molecule has 0 atom stereocenters. The van der Waals surface area contributed by atoms with Crippen LogP contribution in [0.3, 0.4) is 0 Å². The number of benzene rings is 1. The van der Waals surface area contributed by atoms with Crippen molar-refractivity contribution in [3.8, 4) is 0 Å². The zero-order valence-corrected chi connectivity index (χ0v) is 10.4. The number of carbonyl (C=O) groups is 2. The quantitative estimate of drug-likeness (QED) is 0.831. The van der Waals surface area contributed by atoms with E-state index in [2.05, 4.69) is 0 Å². The van der Waals surface area contributed by atoms with Crippen LogP contribution in [0.25, 0.3) is 0 Å². The summed E-state index contributed by atoms with van der Waals surface area (Å²) in [4.78, 5) is 24.4. The Labute approximate surface area is 106 Å². The van der Waals surface area contributed by atoms with Gasteiger partial charge in [0.05, 0.1) is 12.0 Å². The molecule has 0 saturated carbocycles. The Bertz CT molecular complexity index is 542. The molecule has 4 heteroatoms. The summed E-state index contributed by atoms with van der Waals surface area (Å²) in [5.74, 6) is -0.954. The highest BCUT2D eigenvalue weighted by Gasteiger charge is 2.27. The van der Waals surface area contributed by atoms with Crippen molar-refractivity contribution in [2.24, 2.45) is 0 Å². The molecule has 0 saturated heterocycles. The van der Waals surface area contributed by atoms with Gasteiger partial charge in [0.1, 0.15) is 0 Å². The van der Waals surface area contributed by atoms with Crippen molar-refractivity contribution >= 4 is 17.6 Å². The SMILES string of the molecule is CC(C)=CCN1C(=O)Cc2ccc(C(=O)O)cc21. The van der Waals surface area contributed by atoms with Gasteiger partial charge < -0.3 is 10.0 Å². The molecular formula is C14H15NO3. The summed E-state index contributed by atoms with van der Waals surface area (Å²) in [6, 6.07) is 4.83. The number of fused-ring (bicyclic) bond motifs is 1. The zero-order valence-electron chi connectivity index (χ0n) is 10.4. The minimum absolute atomic E-state index is 0.0186. The van der Waals surface area contributed by atoms with Gasteiger partial charge in [0.25, 0.3) is 0 Å². The van der Waals surface area contributed by atoms with Crippen molar-refractivity contribution in [3.63, 3.8) is 0 Å². The van der Waals surface area contributed by atoms with Gasteiger partial charge in [0.2, 0.25) is 5.91 Å². The van der Waals surface area contributed by atoms with E-state index in [0.29, 0.717) is 13.0 Å². The molecule has 1 aromatic carbocycles. The van der Waals surface area contributed by atoms with E-state index in [1.165, 1.54) is 0 Å². The number of carboxylic acid groups (broad SMARTS) is 1. The first-order chi connectivity index (χ1) is 8.49. The number of nitrogens with zero attached hydrogens (tertiary/aromatic N) is 1. The number of carbonyl (C=O) groups excluding carboxylic acids is 1. The topological polar surface area (TPSA) is 57.6 Å². The molecule has 94 valence electrons. The maximum atomic E-state index is 11.9.